The van der Waals surface area contributed by atoms with Gasteiger partial charge in [0.2, 0.25) is 5.91 Å². The molecule has 3 amide bonds. The van der Waals surface area contributed by atoms with Gasteiger partial charge in [-0.3, -0.25) is 19.4 Å². The average Bonchev–Trinajstić information content (AvgIpc) is 3.16. The number of carbonyl (C=O) groups excluding carboxylic acids is 4. The third-order valence-corrected chi connectivity index (χ3v) is 5.47. The summed E-state index contributed by atoms with van der Waals surface area (Å²) in [5, 5.41) is 0. The molecule has 1 unspecified atom stereocenters. The zero-order valence-corrected chi connectivity index (χ0v) is 18.2. The topological polar surface area (TPSA) is 96.9 Å². The van der Waals surface area contributed by atoms with E-state index < -0.39 is 35.5 Å². The van der Waals surface area contributed by atoms with Gasteiger partial charge >= 0.3 is 5.97 Å². The summed E-state index contributed by atoms with van der Waals surface area (Å²) in [5.41, 5.74) is 1.40. The number of rotatable bonds is 6. The predicted octanol–water partition coefficient (Wildman–Crippen LogP) is 2.98. The summed E-state index contributed by atoms with van der Waals surface area (Å²) < 4.78 is 18.1. The Bertz CT molecular complexity index is 1230. The summed E-state index contributed by atoms with van der Waals surface area (Å²) in [6.07, 6.45) is 2.93. The Hall–Kier alpha value is -4.40. The highest BCUT2D eigenvalue weighted by Crippen LogP contribution is 2.28. The Balaban J connectivity index is 1.65. The van der Waals surface area contributed by atoms with Gasteiger partial charge in [-0.15, -0.1) is 0 Å². The molecule has 2 heterocycles. The first-order valence-electron chi connectivity index (χ1n) is 10.4. The Morgan fingerprint density at radius 3 is 2.35 bits per heavy atom. The highest BCUT2D eigenvalue weighted by Gasteiger charge is 2.44. The normalized spacial score (nSPS) is 15.4. The number of pyridine rings is 1. The average molecular weight is 461 g/mol. The molecule has 1 aliphatic heterocycles. The number of aromatic nitrogens is 1. The highest BCUT2D eigenvalue weighted by molar-refractivity contribution is 6.23. The molecule has 0 N–H and O–H groups in total. The van der Waals surface area contributed by atoms with Crippen LogP contribution in [0.4, 0.5) is 10.1 Å². The minimum absolute atomic E-state index is 0.0306. The largest absolute Gasteiger partial charge is 0.465 e. The fraction of sp³-hybridized carbons (Fsp3) is 0.160. The first-order valence-corrected chi connectivity index (χ1v) is 10.4. The summed E-state index contributed by atoms with van der Waals surface area (Å²) in [6, 6.07) is 13.2. The molecule has 4 rings (SSSR count). The second-order valence-corrected chi connectivity index (χ2v) is 7.63. The van der Waals surface area contributed by atoms with E-state index in [2.05, 4.69) is 9.72 Å². The van der Waals surface area contributed by atoms with E-state index in [1.54, 1.807) is 24.5 Å². The second-order valence-electron chi connectivity index (χ2n) is 7.63. The van der Waals surface area contributed by atoms with Crippen molar-refractivity contribution in [3.05, 3.63) is 95.6 Å². The molecule has 0 bridgehead atoms. The highest BCUT2D eigenvalue weighted by atomic mass is 19.1. The molecule has 0 saturated carbocycles. The standard InChI is InChI=1S/C25H20FN3O5/c1-34-25(33)18-6-10-20(11-7-18)29-22(30)13-21(24(29)32)28(15-16-3-2-12-27-14-16)23(31)17-4-8-19(26)9-5-17/h2-12,14,21H,13,15H2,1H3. The number of hydrogen-bond acceptors (Lipinski definition) is 6. The number of ether oxygens (including phenoxy) is 1. The van der Waals surface area contributed by atoms with E-state index >= 15 is 0 Å². The van der Waals surface area contributed by atoms with Gasteiger partial charge < -0.3 is 9.64 Å². The second kappa shape index (κ2) is 9.62. The number of nitrogens with zero attached hydrogens (tertiary/aromatic N) is 3. The fourth-order valence-corrected chi connectivity index (χ4v) is 3.77. The minimum atomic E-state index is -1.06. The van der Waals surface area contributed by atoms with E-state index in [9.17, 15) is 23.6 Å². The Kier molecular flexibility index (Phi) is 6.44. The van der Waals surface area contributed by atoms with Crippen LogP contribution in [0.25, 0.3) is 0 Å². The van der Waals surface area contributed by atoms with Crippen LogP contribution < -0.4 is 4.90 Å². The van der Waals surface area contributed by atoms with Crippen molar-refractivity contribution in [1.29, 1.82) is 0 Å². The lowest BCUT2D eigenvalue weighted by molar-refractivity contribution is -0.122. The molecule has 1 aliphatic rings. The minimum Gasteiger partial charge on any atom is -0.465 e. The van der Waals surface area contributed by atoms with Gasteiger partial charge in [0.15, 0.2) is 0 Å². The molecule has 1 atom stereocenters. The molecule has 9 heteroatoms. The molecule has 3 aromatic rings. The predicted molar refractivity (Wildman–Crippen MR) is 119 cm³/mol. The van der Waals surface area contributed by atoms with E-state index in [1.165, 1.54) is 48.4 Å². The molecular weight excluding hydrogens is 441 g/mol. The van der Waals surface area contributed by atoms with Gasteiger partial charge in [-0.2, -0.15) is 0 Å². The van der Waals surface area contributed by atoms with Crippen molar-refractivity contribution in [3.8, 4) is 0 Å². The fourth-order valence-electron chi connectivity index (χ4n) is 3.77. The molecule has 0 spiro atoms. The summed E-state index contributed by atoms with van der Waals surface area (Å²) in [5.74, 6) is -2.61. The smallest absolute Gasteiger partial charge is 0.337 e. The first-order chi connectivity index (χ1) is 16.4. The van der Waals surface area contributed by atoms with Gasteiger partial charge in [0, 0.05) is 24.5 Å². The monoisotopic (exact) mass is 461 g/mol. The molecule has 1 aromatic heterocycles. The first kappa shape index (κ1) is 22.8. The van der Waals surface area contributed by atoms with Gasteiger partial charge in [-0.25, -0.2) is 14.1 Å². The number of esters is 1. The molecule has 34 heavy (non-hydrogen) atoms. The molecular formula is C25H20FN3O5. The van der Waals surface area contributed by atoms with Crippen molar-refractivity contribution in [1.82, 2.24) is 9.88 Å². The summed E-state index contributed by atoms with van der Waals surface area (Å²) in [6.45, 7) is 0.0306. The maximum Gasteiger partial charge on any atom is 0.337 e. The van der Waals surface area contributed by atoms with Crippen molar-refractivity contribution in [3.63, 3.8) is 0 Å². The van der Waals surface area contributed by atoms with Crippen LogP contribution >= 0.6 is 0 Å². The molecule has 8 nitrogen and oxygen atoms in total. The SMILES string of the molecule is COC(=O)c1ccc(N2C(=O)CC(N(Cc3cccnc3)C(=O)c3ccc(F)cc3)C2=O)cc1. The van der Waals surface area contributed by atoms with Crippen LogP contribution in [0.2, 0.25) is 0 Å². The lowest BCUT2D eigenvalue weighted by atomic mass is 10.1. The number of amides is 3. The molecule has 1 fully saturated rings. The number of benzene rings is 2. The summed E-state index contributed by atoms with van der Waals surface area (Å²) >= 11 is 0. The van der Waals surface area contributed by atoms with Crippen molar-refractivity contribution < 1.29 is 28.3 Å². The van der Waals surface area contributed by atoms with Crippen LogP contribution in [-0.2, 0) is 20.9 Å². The van der Waals surface area contributed by atoms with E-state index in [0.717, 1.165) is 17.0 Å². The zero-order valence-electron chi connectivity index (χ0n) is 18.2. The van der Waals surface area contributed by atoms with Crippen molar-refractivity contribution >= 4 is 29.4 Å². The lowest BCUT2D eigenvalue weighted by Gasteiger charge is -2.28. The molecule has 0 aliphatic carbocycles. The molecule has 2 aromatic carbocycles. The van der Waals surface area contributed by atoms with Crippen molar-refractivity contribution in [2.24, 2.45) is 0 Å². The van der Waals surface area contributed by atoms with E-state index in [-0.39, 0.29) is 29.8 Å². The zero-order chi connectivity index (χ0) is 24.2. The van der Waals surface area contributed by atoms with E-state index in [4.69, 9.17) is 0 Å². The van der Waals surface area contributed by atoms with Crippen LogP contribution in [0.3, 0.4) is 0 Å². The van der Waals surface area contributed by atoms with Crippen molar-refractivity contribution in [2.45, 2.75) is 19.0 Å². The van der Waals surface area contributed by atoms with Crippen LogP contribution in [0.5, 0.6) is 0 Å². The van der Waals surface area contributed by atoms with Crippen molar-refractivity contribution in [2.75, 3.05) is 12.0 Å². The van der Waals surface area contributed by atoms with Crippen LogP contribution in [0.1, 0.15) is 32.7 Å². The number of methoxy groups -OCH3 is 1. The number of anilines is 1. The Labute approximate surface area is 194 Å². The van der Waals surface area contributed by atoms with Crippen LogP contribution in [-0.4, -0.2) is 46.7 Å². The summed E-state index contributed by atoms with van der Waals surface area (Å²) in [7, 11) is 1.25. The molecule has 1 saturated heterocycles. The Morgan fingerprint density at radius 1 is 1.06 bits per heavy atom. The van der Waals surface area contributed by atoms with Gasteiger partial charge in [0.05, 0.1) is 24.8 Å². The van der Waals surface area contributed by atoms with Crippen LogP contribution in [0, 0.1) is 5.82 Å². The van der Waals surface area contributed by atoms with E-state index in [1.807, 2.05) is 0 Å². The van der Waals surface area contributed by atoms with Crippen LogP contribution in [0.15, 0.2) is 73.1 Å². The third-order valence-electron chi connectivity index (χ3n) is 5.47. The number of halogens is 1. The number of imide groups is 1. The third kappa shape index (κ3) is 4.54. The summed E-state index contributed by atoms with van der Waals surface area (Å²) in [4.78, 5) is 57.6. The molecule has 172 valence electrons. The number of hydrogen-bond donors (Lipinski definition) is 0. The Morgan fingerprint density at radius 2 is 1.74 bits per heavy atom. The quantitative estimate of drug-likeness (QED) is 0.414. The van der Waals surface area contributed by atoms with Gasteiger partial charge in [-0.1, -0.05) is 6.07 Å². The maximum absolute atomic E-state index is 13.4. The maximum atomic E-state index is 13.4. The molecule has 0 radical (unpaired) electrons. The van der Waals surface area contributed by atoms with Gasteiger partial charge in [0.1, 0.15) is 11.9 Å². The van der Waals surface area contributed by atoms with E-state index in [0.29, 0.717) is 5.56 Å². The van der Waals surface area contributed by atoms with Gasteiger partial charge in [-0.05, 0) is 60.2 Å². The van der Waals surface area contributed by atoms with Gasteiger partial charge in [0.25, 0.3) is 11.8 Å². The number of carbonyl (C=O) groups is 4. The lowest BCUT2D eigenvalue weighted by Crippen LogP contribution is -2.45.